The standard InChI is InChI=1S/C16H28N2O3/c1-3-14-9-4-11(2)18(14)16(21)17-10-12-5-7-13(8-6-12)15(19)20/h11-14H,3-10H2,1-2H3,(H,17,21)(H,19,20). The van der Waals surface area contributed by atoms with Crippen molar-refractivity contribution in [2.45, 2.75) is 70.9 Å². The van der Waals surface area contributed by atoms with E-state index in [9.17, 15) is 9.59 Å². The molecule has 5 nitrogen and oxygen atoms in total. The van der Waals surface area contributed by atoms with Crippen molar-refractivity contribution in [3.05, 3.63) is 0 Å². The number of nitrogens with zero attached hydrogens (tertiary/aromatic N) is 1. The molecule has 0 aromatic heterocycles. The number of carboxylic acid groups (broad SMARTS) is 1. The van der Waals surface area contributed by atoms with Crippen LogP contribution in [-0.4, -0.2) is 40.6 Å². The van der Waals surface area contributed by atoms with Crippen LogP contribution in [0.15, 0.2) is 0 Å². The Bertz CT molecular complexity index is 378. The van der Waals surface area contributed by atoms with Crippen LogP contribution in [0.2, 0.25) is 0 Å². The van der Waals surface area contributed by atoms with Gasteiger partial charge < -0.3 is 15.3 Å². The van der Waals surface area contributed by atoms with Crippen molar-refractivity contribution in [1.29, 1.82) is 0 Å². The number of urea groups is 1. The van der Waals surface area contributed by atoms with Crippen molar-refractivity contribution in [3.63, 3.8) is 0 Å². The molecule has 2 rings (SSSR count). The summed E-state index contributed by atoms with van der Waals surface area (Å²) in [6, 6.07) is 0.771. The highest BCUT2D eigenvalue weighted by molar-refractivity contribution is 5.75. The summed E-state index contributed by atoms with van der Waals surface area (Å²) in [7, 11) is 0. The third-order valence-electron chi connectivity index (χ3n) is 5.23. The fourth-order valence-corrected chi connectivity index (χ4v) is 3.77. The Balaban J connectivity index is 1.76. The molecule has 2 amide bonds. The summed E-state index contributed by atoms with van der Waals surface area (Å²) >= 11 is 0. The smallest absolute Gasteiger partial charge is 0.317 e. The van der Waals surface area contributed by atoms with Crippen LogP contribution in [-0.2, 0) is 4.79 Å². The van der Waals surface area contributed by atoms with E-state index in [1.54, 1.807) is 0 Å². The van der Waals surface area contributed by atoms with E-state index in [4.69, 9.17) is 5.11 Å². The SMILES string of the molecule is CCC1CCC(C)N1C(=O)NCC1CCC(C(=O)O)CC1. The molecule has 1 saturated heterocycles. The first kappa shape index (κ1) is 16.1. The third-order valence-corrected chi connectivity index (χ3v) is 5.23. The van der Waals surface area contributed by atoms with Gasteiger partial charge in [-0.05, 0) is 57.8 Å². The van der Waals surface area contributed by atoms with Gasteiger partial charge in [-0.25, -0.2) is 4.79 Å². The number of hydrogen-bond acceptors (Lipinski definition) is 2. The van der Waals surface area contributed by atoms with Crippen molar-refractivity contribution in [1.82, 2.24) is 10.2 Å². The van der Waals surface area contributed by atoms with Gasteiger partial charge in [0.15, 0.2) is 0 Å². The van der Waals surface area contributed by atoms with E-state index in [1.165, 1.54) is 0 Å². The number of amides is 2. The van der Waals surface area contributed by atoms with Crippen LogP contribution in [0.25, 0.3) is 0 Å². The van der Waals surface area contributed by atoms with Gasteiger partial charge in [0.2, 0.25) is 0 Å². The monoisotopic (exact) mass is 296 g/mol. The quantitative estimate of drug-likeness (QED) is 0.838. The van der Waals surface area contributed by atoms with E-state index in [0.29, 0.717) is 24.5 Å². The first-order valence-electron chi connectivity index (χ1n) is 8.31. The topological polar surface area (TPSA) is 69.6 Å². The molecule has 2 fully saturated rings. The van der Waals surface area contributed by atoms with E-state index in [-0.39, 0.29) is 11.9 Å². The average molecular weight is 296 g/mol. The van der Waals surface area contributed by atoms with Gasteiger partial charge in [0, 0.05) is 18.6 Å². The Morgan fingerprint density at radius 3 is 2.38 bits per heavy atom. The molecule has 0 spiro atoms. The normalized spacial score (nSPS) is 33.0. The maximum absolute atomic E-state index is 12.4. The molecule has 1 heterocycles. The zero-order chi connectivity index (χ0) is 15.4. The lowest BCUT2D eigenvalue weighted by molar-refractivity contribution is -0.143. The molecular weight excluding hydrogens is 268 g/mol. The van der Waals surface area contributed by atoms with Crippen molar-refractivity contribution in [2.75, 3.05) is 6.54 Å². The zero-order valence-corrected chi connectivity index (χ0v) is 13.2. The van der Waals surface area contributed by atoms with E-state index in [1.807, 2.05) is 4.90 Å². The second-order valence-electron chi connectivity index (χ2n) is 6.64. The van der Waals surface area contributed by atoms with Crippen molar-refractivity contribution in [3.8, 4) is 0 Å². The summed E-state index contributed by atoms with van der Waals surface area (Å²) in [5, 5.41) is 12.1. The second kappa shape index (κ2) is 7.14. The van der Waals surface area contributed by atoms with Crippen LogP contribution in [0.5, 0.6) is 0 Å². The maximum atomic E-state index is 12.4. The van der Waals surface area contributed by atoms with Crippen LogP contribution in [0.4, 0.5) is 4.79 Å². The highest BCUT2D eigenvalue weighted by Crippen LogP contribution is 2.29. The van der Waals surface area contributed by atoms with Gasteiger partial charge in [-0.2, -0.15) is 0 Å². The van der Waals surface area contributed by atoms with Crippen LogP contribution in [0, 0.1) is 11.8 Å². The lowest BCUT2D eigenvalue weighted by atomic mass is 9.82. The molecule has 0 aromatic rings. The molecule has 2 N–H and O–H groups in total. The lowest BCUT2D eigenvalue weighted by Gasteiger charge is -2.30. The van der Waals surface area contributed by atoms with Gasteiger partial charge in [-0.3, -0.25) is 4.79 Å². The molecule has 2 aliphatic rings. The molecule has 2 unspecified atom stereocenters. The minimum absolute atomic E-state index is 0.0622. The van der Waals surface area contributed by atoms with Gasteiger partial charge in [0.1, 0.15) is 0 Å². The van der Waals surface area contributed by atoms with Gasteiger partial charge >= 0.3 is 12.0 Å². The maximum Gasteiger partial charge on any atom is 0.317 e. The Hall–Kier alpha value is -1.26. The number of hydrogen-bond donors (Lipinski definition) is 2. The molecule has 1 aliphatic carbocycles. The molecule has 1 aliphatic heterocycles. The lowest BCUT2D eigenvalue weighted by Crippen LogP contribution is -2.47. The molecule has 1 saturated carbocycles. The second-order valence-corrected chi connectivity index (χ2v) is 6.64. The number of likely N-dealkylation sites (tertiary alicyclic amines) is 1. The predicted molar refractivity (Wildman–Crippen MR) is 81.1 cm³/mol. The van der Waals surface area contributed by atoms with Crippen molar-refractivity contribution >= 4 is 12.0 Å². The van der Waals surface area contributed by atoms with Crippen LogP contribution in [0.3, 0.4) is 0 Å². The highest BCUT2D eigenvalue weighted by atomic mass is 16.4. The fourth-order valence-electron chi connectivity index (χ4n) is 3.77. The molecule has 2 atom stereocenters. The summed E-state index contributed by atoms with van der Waals surface area (Å²) in [6.07, 6.45) is 6.51. The summed E-state index contributed by atoms with van der Waals surface area (Å²) in [5.74, 6) is -0.420. The minimum atomic E-state index is -0.672. The van der Waals surface area contributed by atoms with Crippen molar-refractivity contribution < 1.29 is 14.7 Å². The number of carbonyl (C=O) groups excluding carboxylic acids is 1. The van der Waals surface area contributed by atoms with E-state index < -0.39 is 5.97 Å². The third kappa shape index (κ3) is 3.89. The number of carboxylic acids is 1. The first-order chi connectivity index (χ1) is 10.0. The number of aliphatic carboxylic acids is 1. The molecule has 21 heavy (non-hydrogen) atoms. The highest BCUT2D eigenvalue weighted by Gasteiger charge is 2.33. The van der Waals surface area contributed by atoms with E-state index >= 15 is 0 Å². The van der Waals surface area contributed by atoms with Gasteiger partial charge in [0.05, 0.1) is 5.92 Å². The summed E-state index contributed by atoms with van der Waals surface area (Å²) in [4.78, 5) is 25.3. The largest absolute Gasteiger partial charge is 0.481 e. The van der Waals surface area contributed by atoms with E-state index in [0.717, 1.165) is 44.9 Å². The molecular formula is C16H28N2O3. The molecule has 0 radical (unpaired) electrons. The van der Waals surface area contributed by atoms with Gasteiger partial charge in [-0.1, -0.05) is 6.92 Å². The number of rotatable bonds is 4. The summed E-state index contributed by atoms with van der Waals surface area (Å²) in [5.41, 5.74) is 0. The van der Waals surface area contributed by atoms with Crippen LogP contribution >= 0.6 is 0 Å². The van der Waals surface area contributed by atoms with Crippen LogP contribution < -0.4 is 5.32 Å². The number of nitrogens with one attached hydrogen (secondary N) is 1. The predicted octanol–water partition coefficient (Wildman–Crippen LogP) is 2.85. The Labute approximate surface area is 127 Å². The molecule has 0 aromatic carbocycles. The summed E-state index contributed by atoms with van der Waals surface area (Å²) < 4.78 is 0. The van der Waals surface area contributed by atoms with Crippen molar-refractivity contribution in [2.24, 2.45) is 11.8 Å². The Kier molecular flexibility index (Phi) is 5.48. The van der Waals surface area contributed by atoms with Crippen LogP contribution in [0.1, 0.15) is 58.8 Å². The molecule has 5 heteroatoms. The average Bonchev–Trinajstić information content (AvgIpc) is 2.86. The summed E-state index contributed by atoms with van der Waals surface area (Å²) in [6.45, 7) is 4.94. The van der Waals surface area contributed by atoms with Gasteiger partial charge in [-0.15, -0.1) is 0 Å². The Morgan fingerprint density at radius 2 is 1.81 bits per heavy atom. The molecule has 120 valence electrons. The molecule has 0 bridgehead atoms. The first-order valence-corrected chi connectivity index (χ1v) is 8.31. The van der Waals surface area contributed by atoms with E-state index in [2.05, 4.69) is 19.2 Å². The number of carbonyl (C=O) groups is 2. The Morgan fingerprint density at radius 1 is 1.14 bits per heavy atom. The minimum Gasteiger partial charge on any atom is -0.481 e. The van der Waals surface area contributed by atoms with Gasteiger partial charge in [0.25, 0.3) is 0 Å². The zero-order valence-electron chi connectivity index (χ0n) is 13.2. The fraction of sp³-hybridized carbons (Fsp3) is 0.875.